The van der Waals surface area contributed by atoms with Gasteiger partial charge < -0.3 is 5.11 Å². The van der Waals surface area contributed by atoms with Crippen LogP contribution < -0.4 is 0 Å². The molecule has 0 saturated heterocycles. The summed E-state index contributed by atoms with van der Waals surface area (Å²) in [5.74, 6) is 0.0138. The minimum Gasteiger partial charge on any atom is -0.480 e. The number of hydrogen-bond acceptors (Lipinski definition) is 5. The molecule has 6 nitrogen and oxygen atoms in total. The lowest BCUT2D eigenvalue weighted by molar-refractivity contribution is -0.144. The molecule has 1 aliphatic heterocycles. The van der Waals surface area contributed by atoms with Crippen molar-refractivity contribution in [2.45, 2.75) is 38.9 Å². The van der Waals surface area contributed by atoms with Gasteiger partial charge in [-0.25, -0.2) is 9.67 Å². The fourth-order valence-corrected chi connectivity index (χ4v) is 3.73. The Bertz CT molecular complexity index is 649. The molecule has 2 aromatic rings. The van der Waals surface area contributed by atoms with Crippen molar-refractivity contribution in [2.24, 2.45) is 0 Å². The van der Waals surface area contributed by atoms with Gasteiger partial charge in [-0.2, -0.15) is 5.10 Å². The molecule has 0 fully saturated rings. The topological polar surface area (TPSA) is 71.2 Å². The van der Waals surface area contributed by atoms with Crippen LogP contribution in [0.3, 0.4) is 0 Å². The van der Waals surface area contributed by atoms with Crippen LogP contribution in [0.1, 0.15) is 42.2 Å². The van der Waals surface area contributed by atoms with Crippen LogP contribution in [0.5, 0.6) is 0 Å². The summed E-state index contributed by atoms with van der Waals surface area (Å²) in [6.45, 7) is 5.32. The first-order valence-corrected chi connectivity index (χ1v) is 7.87. The second-order valence-corrected chi connectivity index (χ2v) is 6.48. The van der Waals surface area contributed by atoms with E-state index in [2.05, 4.69) is 10.1 Å². The molecule has 1 atom stereocenters. The third-order valence-corrected chi connectivity index (χ3v) is 4.78. The van der Waals surface area contributed by atoms with Gasteiger partial charge in [-0.1, -0.05) is 0 Å². The van der Waals surface area contributed by atoms with E-state index in [9.17, 15) is 9.90 Å². The molecule has 0 spiro atoms. The minimum atomic E-state index is -0.801. The third kappa shape index (κ3) is 2.58. The van der Waals surface area contributed by atoms with E-state index in [0.717, 1.165) is 24.4 Å². The summed E-state index contributed by atoms with van der Waals surface area (Å²) in [5, 5.41) is 15.8. The molecule has 1 aliphatic rings. The molecule has 2 aromatic heterocycles. The van der Waals surface area contributed by atoms with Gasteiger partial charge in [0.25, 0.3) is 0 Å². The Morgan fingerprint density at radius 3 is 3.10 bits per heavy atom. The molecule has 112 valence electrons. The van der Waals surface area contributed by atoms with E-state index in [1.165, 1.54) is 11.2 Å². The zero-order chi connectivity index (χ0) is 15.0. The van der Waals surface area contributed by atoms with Crippen LogP contribution in [0.2, 0.25) is 0 Å². The smallest absolute Gasteiger partial charge is 0.325 e. The molecule has 0 aliphatic carbocycles. The van der Waals surface area contributed by atoms with E-state index in [1.807, 2.05) is 34.9 Å². The van der Waals surface area contributed by atoms with Crippen molar-refractivity contribution in [2.75, 3.05) is 6.54 Å². The monoisotopic (exact) mass is 306 g/mol. The molecule has 1 unspecified atom stereocenters. The molecule has 21 heavy (non-hydrogen) atoms. The third-order valence-electron chi connectivity index (χ3n) is 3.78. The summed E-state index contributed by atoms with van der Waals surface area (Å²) in [7, 11) is 0. The maximum atomic E-state index is 11.7. The number of nitrogens with zero attached hydrogens (tertiary/aromatic N) is 4. The van der Waals surface area contributed by atoms with E-state index in [-0.39, 0.29) is 6.04 Å². The van der Waals surface area contributed by atoms with Crippen LogP contribution in [0.25, 0.3) is 0 Å². The van der Waals surface area contributed by atoms with E-state index in [0.29, 0.717) is 6.54 Å². The maximum absolute atomic E-state index is 11.7. The van der Waals surface area contributed by atoms with E-state index >= 15 is 0 Å². The lowest BCUT2D eigenvalue weighted by atomic mass is 10.00. The quantitative estimate of drug-likeness (QED) is 0.936. The fourth-order valence-electron chi connectivity index (χ4n) is 2.83. The zero-order valence-electron chi connectivity index (χ0n) is 12.1. The van der Waals surface area contributed by atoms with Crippen LogP contribution in [0.4, 0.5) is 0 Å². The molecular weight excluding hydrogens is 288 g/mol. The number of hydrogen-bond donors (Lipinski definition) is 1. The van der Waals surface area contributed by atoms with Crippen molar-refractivity contribution in [3.05, 3.63) is 34.0 Å². The Kier molecular flexibility index (Phi) is 3.77. The molecule has 1 N–H and O–H groups in total. The molecular formula is C14H18N4O2S. The van der Waals surface area contributed by atoms with Crippen LogP contribution in [0, 0.1) is 0 Å². The van der Waals surface area contributed by atoms with Gasteiger partial charge in [0, 0.05) is 17.5 Å². The first-order chi connectivity index (χ1) is 10.1. The van der Waals surface area contributed by atoms with Crippen molar-refractivity contribution >= 4 is 17.3 Å². The number of carboxylic acid groups (broad SMARTS) is 1. The van der Waals surface area contributed by atoms with Crippen LogP contribution in [-0.2, 0) is 17.8 Å². The zero-order valence-corrected chi connectivity index (χ0v) is 12.9. The molecule has 0 aromatic carbocycles. The number of fused-ring (bicyclic) bond motifs is 1. The highest BCUT2D eigenvalue weighted by molar-refractivity contribution is 7.10. The SMILES string of the molecule is CC(C)n1ncnc1CN1CCc2sccc2C1C(=O)O. The van der Waals surface area contributed by atoms with Gasteiger partial charge in [-0.3, -0.25) is 9.69 Å². The lowest BCUT2D eigenvalue weighted by Gasteiger charge is -2.32. The van der Waals surface area contributed by atoms with E-state index < -0.39 is 12.0 Å². The number of carboxylic acids is 1. The number of carbonyl (C=O) groups is 1. The van der Waals surface area contributed by atoms with Gasteiger partial charge in [0.1, 0.15) is 18.2 Å². The van der Waals surface area contributed by atoms with Gasteiger partial charge in [0.2, 0.25) is 0 Å². The molecule has 7 heteroatoms. The molecule has 0 radical (unpaired) electrons. The van der Waals surface area contributed by atoms with Crippen molar-refractivity contribution in [1.29, 1.82) is 0 Å². The lowest BCUT2D eigenvalue weighted by Crippen LogP contribution is -2.39. The summed E-state index contributed by atoms with van der Waals surface area (Å²) in [6, 6.07) is 1.56. The Morgan fingerprint density at radius 2 is 2.38 bits per heavy atom. The molecule has 0 bridgehead atoms. The second kappa shape index (κ2) is 5.57. The van der Waals surface area contributed by atoms with Crippen LogP contribution in [0.15, 0.2) is 17.8 Å². The average Bonchev–Trinajstić information content (AvgIpc) is 3.05. The van der Waals surface area contributed by atoms with Crippen molar-refractivity contribution in [3.8, 4) is 0 Å². The highest BCUT2D eigenvalue weighted by Gasteiger charge is 2.34. The molecule has 0 saturated carbocycles. The summed E-state index contributed by atoms with van der Waals surface area (Å²) >= 11 is 1.64. The number of thiophene rings is 1. The first kappa shape index (κ1) is 14.2. The van der Waals surface area contributed by atoms with Gasteiger partial charge in [0.15, 0.2) is 0 Å². The maximum Gasteiger partial charge on any atom is 0.325 e. The fraction of sp³-hybridized carbons (Fsp3) is 0.500. The summed E-state index contributed by atoms with van der Waals surface area (Å²) in [5.41, 5.74) is 0.925. The van der Waals surface area contributed by atoms with Crippen molar-refractivity contribution < 1.29 is 9.90 Å². The van der Waals surface area contributed by atoms with Gasteiger partial charge in [-0.15, -0.1) is 11.3 Å². The second-order valence-electron chi connectivity index (χ2n) is 5.47. The molecule has 3 rings (SSSR count). The Hall–Kier alpha value is -1.73. The van der Waals surface area contributed by atoms with Crippen molar-refractivity contribution in [3.63, 3.8) is 0 Å². The summed E-state index contributed by atoms with van der Waals surface area (Å²) < 4.78 is 1.85. The number of rotatable bonds is 4. The van der Waals surface area contributed by atoms with Crippen LogP contribution >= 0.6 is 11.3 Å². The predicted octanol–water partition coefficient (Wildman–Crippen LogP) is 2.10. The Labute approximate surface area is 127 Å². The van der Waals surface area contributed by atoms with Gasteiger partial charge in [-0.05, 0) is 37.3 Å². The normalized spacial score (nSPS) is 18.9. The number of aliphatic carboxylic acids is 1. The van der Waals surface area contributed by atoms with E-state index in [1.54, 1.807) is 11.3 Å². The standard InChI is InChI=1S/C14H18N4O2S/c1-9(2)18-12(15-8-16-18)7-17-5-3-11-10(4-6-21-11)13(17)14(19)20/h4,6,8-9,13H,3,5,7H2,1-2H3,(H,19,20). The molecule has 3 heterocycles. The van der Waals surface area contributed by atoms with Crippen LogP contribution in [-0.4, -0.2) is 37.3 Å². The highest BCUT2D eigenvalue weighted by atomic mass is 32.1. The summed E-state index contributed by atoms with van der Waals surface area (Å²) in [4.78, 5) is 19.1. The van der Waals surface area contributed by atoms with E-state index in [4.69, 9.17) is 0 Å². The largest absolute Gasteiger partial charge is 0.480 e. The minimum absolute atomic E-state index is 0.215. The average molecular weight is 306 g/mol. The Balaban J connectivity index is 1.88. The Morgan fingerprint density at radius 1 is 1.57 bits per heavy atom. The predicted molar refractivity (Wildman–Crippen MR) is 79.2 cm³/mol. The van der Waals surface area contributed by atoms with Gasteiger partial charge in [0.05, 0.1) is 6.54 Å². The molecule has 0 amide bonds. The number of aromatic nitrogens is 3. The van der Waals surface area contributed by atoms with Crippen molar-refractivity contribution in [1.82, 2.24) is 19.7 Å². The summed E-state index contributed by atoms with van der Waals surface area (Å²) in [6.07, 6.45) is 2.43. The first-order valence-electron chi connectivity index (χ1n) is 6.99. The highest BCUT2D eigenvalue weighted by Crippen LogP contribution is 2.34. The van der Waals surface area contributed by atoms with Gasteiger partial charge >= 0.3 is 5.97 Å².